The molecule has 2 aromatic carbocycles. The van der Waals surface area contributed by atoms with Gasteiger partial charge in [0.05, 0.1) is 6.04 Å². The number of unbranched alkanes of at least 4 members (excludes halogenated alkanes) is 4. The summed E-state index contributed by atoms with van der Waals surface area (Å²) in [5.41, 5.74) is 1.64. The Morgan fingerprint density at radius 2 is 1.58 bits per heavy atom. The Kier molecular flexibility index (Phi) is 14.6. The molecule has 1 aliphatic heterocycles. The Balaban J connectivity index is 1.24. The molecule has 0 spiro atoms. The Labute approximate surface area is 274 Å². The summed E-state index contributed by atoms with van der Waals surface area (Å²) in [5.74, 6) is 0.162. The molecule has 8 heteroatoms. The van der Waals surface area contributed by atoms with E-state index in [1.807, 2.05) is 42.5 Å². The van der Waals surface area contributed by atoms with Crippen LogP contribution >= 0.6 is 0 Å². The normalized spacial score (nSPS) is 19.1. The minimum atomic E-state index is -2.84. The van der Waals surface area contributed by atoms with Gasteiger partial charge < -0.3 is 10.6 Å². The monoisotopic (exact) mass is 726 g/mol. The summed E-state index contributed by atoms with van der Waals surface area (Å²) in [7, 11) is 0. The van der Waals surface area contributed by atoms with Gasteiger partial charge in [0.15, 0.2) is 0 Å². The first-order valence-electron chi connectivity index (χ1n) is 17.5. The molecule has 2 amide bonds. The van der Waals surface area contributed by atoms with Crippen molar-refractivity contribution < 1.29 is 23.9 Å². The first kappa shape index (κ1) is 35.3. The Morgan fingerprint density at radius 1 is 0.822 bits per heavy atom. The molecule has 1 saturated carbocycles. The molecule has 0 unspecified atom stereocenters. The molecule has 2 aromatic rings. The number of esters is 2. The van der Waals surface area contributed by atoms with Crippen LogP contribution < -0.4 is 14.2 Å². The first-order valence-corrected chi connectivity index (χ1v) is 25.0. The SMILES string of the molecule is CCC[CH2][Sn]([CH2]CCC)([CH2]CCCOC(=O)CCCC[C@@H]1CC[C@@H]2NC(=O)N[C@H]12)[c]1cccc(C(=O)OCc2ccccc2)c1. The molecule has 2 aliphatic rings. The standard InChI is InChI=1S/C15H25N2O3.C14H11O2.2C4H9.Sn/c1-2-3-10-20-13(18)7-5-4-6-11-8-9-12-14(11)17-15(19)16-12;15-14(13-9-5-2-6-10-13)16-11-12-7-3-1-4-8-12;2*1-3-4-2;/h11-12,14H,1-10H2,(H2,16,17,19);1-5,7-10H,11H2;2*1,3-4H2,2H3;/t11-,12+,14-;;;;/m1..../s1. The van der Waals surface area contributed by atoms with Crippen LogP contribution in [0, 0.1) is 5.92 Å². The number of carbonyl (C=O) groups excluding carboxylic acids is 3. The third-order valence-corrected chi connectivity index (χ3v) is 25.5. The van der Waals surface area contributed by atoms with Crippen LogP contribution in [0.5, 0.6) is 0 Å². The zero-order valence-corrected chi connectivity index (χ0v) is 30.3. The Bertz CT molecular complexity index is 1210. The molecule has 2 fully saturated rings. The number of nitrogens with one attached hydrogen (secondary N) is 2. The summed E-state index contributed by atoms with van der Waals surface area (Å²) in [6.45, 7) is 5.29. The van der Waals surface area contributed by atoms with Gasteiger partial charge in [0, 0.05) is 0 Å². The molecule has 3 atom stereocenters. The van der Waals surface area contributed by atoms with Crippen LogP contribution in [-0.2, 0) is 20.9 Å². The number of amides is 2. The molecular formula is C37H54N2O5Sn. The first-order chi connectivity index (χ1) is 21.9. The molecular weight excluding hydrogens is 671 g/mol. The molecule has 246 valence electrons. The topological polar surface area (TPSA) is 93.7 Å². The number of benzene rings is 2. The van der Waals surface area contributed by atoms with E-state index in [2.05, 4.69) is 36.6 Å². The maximum absolute atomic E-state index is 13.0. The van der Waals surface area contributed by atoms with E-state index in [0.717, 1.165) is 50.5 Å². The van der Waals surface area contributed by atoms with Gasteiger partial charge >= 0.3 is 248 Å². The van der Waals surface area contributed by atoms with Gasteiger partial charge in [-0.3, -0.25) is 0 Å². The summed E-state index contributed by atoms with van der Waals surface area (Å²) >= 11 is -2.84. The number of fused-ring (bicyclic) bond motifs is 1. The number of hydrogen-bond acceptors (Lipinski definition) is 5. The fourth-order valence-electron chi connectivity index (χ4n) is 7.27. The zero-order chi connectivity index (χ0) is 31.9. The molecule has 45 heavy (non-hydrogen) atoms. The average molecular weight is 726 g/mol. The fraction of sp³-hybridized carbons (Fsp3) is 0.595. The van der Waals surface area contributed by atoms with Gasteiger partial charge in [-0.15, -0.1) is 0 Å². The van der Waals surface area contributed by atoms with Crippen LogP contribution in [0.2, 0.25) is 13.3 Å². The predicted octanol–water partition coefficient (Wildman–Crippen LogP) is 7.64. The quantitative estimate of drug-likeness (QED) is 0.0832. The van der Waals surface area contributed by atoms with Gasteiger partial charge in [-0.25, -0.2) is 4.79 Å². The summed E-state index contributed by atoms with van der Waals surface area (Å²) in [6, 6.07) is 18.7. The van der Waals surface area contributed by atoms with E-state index in [1.54, 1.807) is 0 Å². The van der Waals surface area contributed by atoms with Crippen molar-refractivity contribution in [3.63, 3.8) is 0 Å². The molecule has 4 rings (SSSR count). The molecule has 0 aromatic heterocycles. The van der Waals surface area contributed by atoms with Gasteiger partial charge in [-0.2, -0.15) is 0 Å². The summed E-state index contributed by atoms with van der Waals surface area (Å²) in [6.07, 6.45) is 12.3. The Morgan fingerprint density at radius 3 is 2.33 bits per heavy atom. The molecule has 1 heterocycles. The maximum atomic E-state index is 13.0. The van der Waals surface area contributed by atoms with E-state index in [9.17, 15) is 14.4 Å². The van der Waals surface area contributed by atoms with Crippen molar-refractivity contribution in [2.24, 2.45) is 5.92 Å². The third kappa shape index (κ3) is 10.8. The van der Waals surface area contributed by atoms with Gasteiger partial charge in [0.25, 0.3) is 0 Å². The average Bonchev–Trinajstić information content (AvgIpc) is 3.62. The summed E-state index contributed by atoms with van der Waals surface area (Å²) in [4.78, 5) is 37.1. The van der Waals surface area contributed by atoms with E-state index in [4.69, 9.17) is 9.47 Å². The van der Waals surface area contributed by atoms with Crippen LogP contribution in [0.25, 0.3) is 0 Å². The van der Waals surface area contributed by atoms with Gasteiger partial charge in [0.1, 0.15) is 0 Å². The van der Waals surface area contributed by atoms with Gasteiger partial charge in [0.2, 0.25) is 0 Å². The number of urea groups is 1. The third-order valence-electron chi connectivity index (χ3n) is 9.86. The van der Waals surface area contributed by atoms with Gasteiger partial charge in [-0.1, -0.05) is 0 Å². The second kappa shape index (κ2) is 18.6. The van der Waals surface area contributed by atoms with Crippen molar-refractivity contribution in [1.29, 1.82) is 0 Å². The molecule has 1 aliphatic carbocycles. The minimum absolute atomic E-state index is 0.0389. The van der Waals surface area contributed by atoms with E-state index in [1.165, 1.54) is 42.6 Å². The molecule has 0 bridgehead atoms. The number of rotatable bonds is 20. The van der Waals surface area contributed by atoms with Crippen molar-refractivity contribution in [3.8, 4) is 0 Å². The molecule has 0 radical (unpaired) electrons. The predicted molar refractivity (Wildman–Crippen MR) is 182 cm³/mol. The van der Waals surface area contributed by atoms with Crippen molar-refractivity contribution in [2.75, 3.05) is 6.61 Å². The van der Waals surface area contributed by atoms with Crippen LogP contribution in [0.4, 0.5) is 4.79 Å². The van der Waals surface area contributed by atoms with E-state index in [-0.39, 0.29) is 36.7 Å². The fourth-order valence-corrected chi connectivity index (χ4v) is 23.0. The van der Waals surface area contributed by atoms with E-state index < -0.39 is 18.4 Å². The van der Waals surface area contributed by atoms with Crippen molar-refractivity contribution in [3.05, 3.63) is 65.7 Å². The van der Waals surface area contributed by atoms with Crippen LogP contribution in [0.1, 0.15) is 107 Å². The Hall–Kier alpha value is -2.55. The van der Waals surface area contributed by atoms with Gasteiger partial charge in [-0.05, 0) is 6.42 Å². The molecule has 7 nitrogen and oxygen atoms in total. The van der Waals surface area contributed by atoms with Crippen LogP contribution in [0.15, 0.2) is 54.6 Å². The number of hydrogen-bond donors (Lipinski definition) is 2. The van der Waals surface area contributed by atoms with Crippen molar-refractivity contribution >= 4 is 39.9 Å². The van der Waals surface area contributed by atoms with Crippen molar-refractivity contribution in [1.82, 2.24) is 10.6 Å². The molecule has 2 N–H and O–H groups in total. The number of ether oxygens (including phenoxy) is 2. The summed E-state index contributed by atoms with van der Waals surface area (Å²) < 4.78 is 16.5. The van der Waals surface area contributed by atoms with E-state index >= 15 is 0 Å². The van der Waals surface area contributed by atoms with Crippen LogP contribution in [0.3, 0.4) is 0 Å². The van der Waals surface area contributed by atoms with Crippen LogP contribution in [-0.4, -0.2) is 55.0 Å². The second-order valence-corrected chi connectivity index (χ2v) is 26.4. The molecule has 1 saturated heterocycles. The second-order valence-electron chi connectivity index (χ2n) is 13.1. The van der Waals surface area contributed by atoms with E-state index in [0.29, 0.717) is 24.5 Å². The number of carbonyl (C=O) groups is 3. The summed E-state index contributed by atoms with van der Waals surface area (Å²) in [5, 5.41) is 6.06. The van der Waals surface area contributed by atoms with Crippen molar-refractivity contribution in [2.45, 2.75) is 123 Å². The zero-order valence-electron chi connectivity index (χ0n) is 27.5.